The van der Waals surface area contributed by atoms with Crippen LogP contribution in [0.4, 0.5) is 5.69 Å². The number of allylic oxidation sites excluding steroid dienone is 1. The van der Waals surface area contributed by atoms with Crippen LogP contribution >= 0.6 is 27.3 Å². The molecule has 1 aliphatic heterocycles. The van der Waals surface area contributed by atoms with E-state index in [0.29, 0.717) is 47.9 Å². The van der Waals surface area contributed by atoms with Gasteiger partial charge >= 0.3 is 5.97 Å². The molecule has 4 aromatic rings. The third kappa shape index (κ3) is 5.72. The van der Waals surface area contributed by atoms with Crippen molar-refractivity contribution in [2.75, 3.05) is 6.61 Å². The Kier molecular flexibility index (Phi) is 8.28. The minimum Gasteiger partial charge on any atom is -0.491 e. The van der Waals surface area contributed by atoms with E-state index < -0.39 is 16.9 Å². The van der Waals surface area contributed by atoms with E-state index in [0.717, 1.165) is 0 Å². The molecule has 0 saturated carbocycles. The summed E-state index contributed by atoms with van der Waals surface area (Å²) in [5.74, 6) is 1.02. The van der Waals surface area contributed by atoms with Crippen molar-refractivity contribution in [2.45, 2.75) is 39.8 Å². The molecule has 0 amide bonds. The molecule has 0 fully saturated rings. The lowest BCUT2D eigenvalue weighted by Crippen LogP contribution is -2.39. The van der Waals surface area contributed by atoms with Crippen molar-refractivity contribution in [3.63, 3.8) is 0 Å². The number of aromatic nitrogens is 1. The average molecular weight is 653 g/mol. The van der Waals surface area contributed by atoms with E-state index in [-0.39, 0.29) is 29.5 Å². The number of fused-ring (bicyclic) bond motifs is 1. The summed E-state index contributed by atoms with van der Waals surface area (Å²) in [7, 11) is 0. The van der Waals surface area contributed by atoms with E-state index in [1.54, 1.807) is 38.1 Å². The van der Waals surface area contributed by atoms with Gasteiger partial charge in [0.15, 0.2) is 4.80 Å². The number of thiazole rings is 1. The Bertz CT molecular complexity index is 1900. The number of hydrogen-bond acceptors (Lipinski definition) is 9. The van der Waals surface area contributed by atoms with Gasteiger partial charge in [-0.2, -0.15) is 0 Å². The zero-order valence-electron chi connectivity index (χ0n) is 23.1. The van der Waals surface area contributed by atoms with Gasteiger partial charge < -0.3 is 13.9 Å². The first-order valence-electron chi connectivity index (χ1n) is 13.1. The predicted molar refractivity (Wildman–Crippen MR) is 161 cm³/mol. The van der Waals surface area contributed by atoms with Gasteiger partial charge in [-0.1, -0.05) is 23.5 Å². The Balaban J connectivity index is 1.59. The van der Waals surface area contributed by atoms with Crippen LogP contribution in [0.5, 0.6) is 5.75 Å². The van der Waals surface area contributed by atoms with Gasteiger partial charge in [0.25, 0.3) is 11.2 Å². The van der Waals surface area contributed by atoms with Crippen molar-refractivity contribution in [2.24, 2.45) is 4.99 Å². The SMILES string of the molecule is CCOC(=O)C1=C(C)N=c2s/c(=C\c3ccc(-c4ccc([N+](=O)[O-])cc4Br)o3)c(=O)n2[C@@H]1c1ccc(OC(C)C)cc1. The molecule has 0 aliphatic carbocycles. The third-order valence-corrected chi connectivity index (χ3v) is 8.05. The highest BCUT2D eigenvalue weighted by Crippen LogP contribution is 2.34. The van der Waals surface area contributed by atoms with Crippen molar-refractivity contribution in [1.82, 2.24) is 4.57 Å². The van der Waals surface area contributed by atoms with Crippen molar-refractivity contribution < 1.29 is 23.6 Å². The maximum absolute atomic E-state index is 13.8. The number of furan rings is 1. The van der Waals surface area contributed by atoms with Gasteiger partial charge in [-0.15, -0.1) is 0 Å². The van der Waals surface area contributed by atoms with Crippen LogP contribution in [-0.2, 0) is 9.53 Å². The second kappa shape index (κ2) is 11.9. The summed E-state index contributed by atoms with van der Waals surface area (Å²) < 4.78 is 19.5. The van der Waals surface area contributed by atoms with Crippen LogP contribution in [0, 0.1) is 10.1 Å². The molecule has 2 aromatic heterocycles. The maximum Gasteiger partial charge on any atom is 0.338 e. The summed E-state index contributed by atoms with van der Waals surface area (Å²) in [5, 5.41) is 11.1. The van der Waals surface area contributed by atoms with E-state index in [4.69, 9.17) is 13.9 Å². The van der Waals surface area contributed by atoms with Gasteiger partial charge in [-0.05, 0) is 79.5 Å². The lowest BCUT2D eigenvalue weighted by molar-refractivity contribution is -0.384. The summed E-state index contributed by atoms with van der Waals surface area (Å²) in [4.78, 5) is 42.6. The molecule has 5 rings (SSSR count). The van der Waals surface area contributed by atoms with Crippen molar-refractivity contribution in [3.8, 4) is 17.1 Å². The predicted octanol–water partition coefficient (Wildman–Crippen LogP) is 5.52. The molecule has 1 atom stereocenters. The van der Waals surface area contributed by atoms with Gasteiger partial charge in [0, 0.05) is 28.2 Å². The number of nitrogens with zero attached hydrogens (tertiary/aromatic N) is 3. The van der Waals surface area contributed by atoms with Crippen LogP contribution in [0.25, 0.3) is 17.4 Å². The molecule has 0 unspecified atom stereocenters. The number of non-ortho nitro benzene ring substituents is 1. The van der Waals surface area contributed by atoms with Gasteiger partial charge in [0.2, 0.25) is 0 Å². The first-order chi connectivity index (χ1) is 20.1. The lowest BCUT2D eigenvalue weighted by atomic mass is 9.96. The first-order valence-corrected chi connectivity index (χ1v) is 14.7. The Morgan fingerprint density at radius 2 is 1.95 bits per heavy atom. The second-order valence-electron chi connectivity index (χ2n) is 9.66. The summed E-state index contributed by atoms with van der Waals surface area (Å²) in [5.41, 5.74) is 1.71. The molecule has 12 heteroatoms. The quantitative estimate of drug-likeness (QED) is 0.140. The number of rotatable bonds is 8. The number of carbonyl (C=O) groups excluding carboxylic acids is 1. The molecule has 42 heavy (non-hydrogen) atoms. The zero-order valence-corrected chi connectivity index (χ0v) is 25.5. The van der Waals surface area contributed by atoms with Crippen molar-refractivity contribution in [3.05, 3.63) is 111 Å². The van der Waals surface area contributed by atoms with Gasteiger partial charge in [0.1, 0.15) is 17.3 Å². The molecule has 0 saturated heterocycles. The fourth-order valence-corrected chi connectivity index (χ4v) is 6.22. The van der Waals surface area contributed by atoms with E-state index in [1.807, 2.05) is 38.1 Å². The molecule has 2 aromatic carbocycles. The number of carbonyl (C=O) groups is 1. The van der Waals surface area contributed by atoms with Crippen molar-refractivity contribution >= 4 is 45.0 Å². The maximum atomic E-state index is 13.8. The Hall–Kier alpha value is -4.29. The Morgan fingerprint density at radius 1 is 1.21 bits per heavy atom. The number of benzene rings is 2. The van der Waals surface area contributed by atoms with Crippen LogP contribution in [0.15, 0.2) is 84.5 Å². The average Bonchev–Trinajstić information content (AvgIpc) is 3.52. The first kappa shape index (κ1) is 29.2. The molecule has 216 valence electrons. The molecule has 1 aliphatic rings. The minimum absolute atomic E-state index is 0.00519. The summed E-state index contributed by atoms with van der Waals surface area (Å²) >= 11 is 4.55. The van der Waals surface area contributed by atoms with Crippen molar-refractivity contribution in [1.29, 1.82) is 0 Å². The zero-order chi connectivity index (χ0) is 30.1. The van der Waals surface area contributed by atoms with Crippen LogP contribution in [-0.4, -0.2) is 28.2 Å². The number of hydrogen-bond donors (Lipinski definition) is 0. The fourth-order valence-electron chi connectivity index (χ4n) is 4.63. The number of ether oxygens (including phenoxy) is 2. The fraction of sp³-hybridized carbons (Fsp3) is 0.233. The number of nitro groups is 1. The monoisotopic (exact) mass is 651 g/mol. The third-order valence-electron chi connectivity index (χ3n) is 6.41. The normalized spacial score (nSPS) is 15.0. The highest BCUT2D eigenvalue weighted by Gasteiger charge is 2.33. The van der Waals surface area contributed by atoms with Crippen LogP contribution in [0.2, 0.25) is 0 Å². The van der Waals surface area contributed by atoms with Gasteiger partial charge in [0.05, 0.1) is 39.5 Å². The number of nitro benzene ring substituents is 1. The second-order valence-corrected chi connectivity index (χ2v) is 11.5. The van der Waals surface area contributed by atoms with E-state index >= 15 is 0 Å². The molecular weight excluding hydrogens is 626 g/mol. The number of halogens is 1. The molecule has 0 N–H and O–H groups in total. The van der Waals surface area contributed by atoms with E-state index in [1.165, 1.54) is 28.0 Å². The van der Waals surface area contributed by atoms with E-state index in [2.05, 4.69) is 20.9 Å². The standard InChI is InChI=1S/C30H26BrN3O7S/c1-5-39-29(36)26-17(4)32-30-33(27(26)18-6-9-20(10-7-18)40-16(2)3)28(35)25(42-30)15-21-11-13-24(41-21)22-12-8-19(34(37)38)14-23(22)31/h6-16,27H,5H2,1-4H3/b25-15-/t27-/m1/s1. The molecule has 0 bridgehead atoms. The molecule has 0 radical (unpaired) electrons. The molecule has 10 nitrogen and oxygen atoms in total. The van der Waals surface area contributed by atoms with Crippen LogP contribution in [0.1, 0.15) is 45.1 Å². The minimum atomic E-state index is -0.751. The highest BCUT2D eigenvalue weighted by atomic mass is 79.9. The molecular formula is C30H26BrN3O7S. The van der Waals surface area contributed by atoms with E-state index in [9.17, 15) is 19.7 Å². The molecule has 3 heterocycles. The Labute approximate surface area is 252 Å². The topological polar surface area (TPSA) is 126 Å². The van der Waals surface area contributed by atoms with Crippen LogP contribution in [0.3, 0.4) is 0 Å². The van der Waals surface area contributed by atoms with Gasteiger partial charge in [-0.3, -0.25) is 19.5 Å². The largest absolute Gasteiger partial charge is 0.491 e. The van der Waals surface area contributed by atoms with Crippen LogP contribution < -0.4 is 19.6 Å². The smallest absolute Gasteiger partial charge is 0.338 e. The summed E-state index contributed by atoms with van der Waals surface area (Å²) in [6.07, 6.45) is 1.61. The molecule has 0 spiro atoms. The number of esters is 1. The highest BCUT2D eigenvalue weighted by molar-refractivity contribution is 9.10. The Morgan fingerprint density at radius 3 is 2.60 bits per heavy atom. The van der Waals surface area contributed by atoms with Gasteiger partial charge in [-0.25, -0.2) is 9.79 Å². The summed E-state index contributed by atoms with van der Waals surface area (Å²) in [6.45, 7) is 7.50. The summed E-state index contributed by atoms with van der Waals surface area (Å²) in [6, 6.07) is 14.4. The lowest BCUT2D eigenvalue weighted by Gasteiger charge is -2.25.